The molecule has 1 aliphatic carbocycles. The predicted octanol–water partition coefficient (Wildman–Crippen LogP) is 6.90. The minimum atomic E-state index is -0.695. The van der Waals surface area contributed by atoms with E-state index in [0.29, 0.717) is 39.8 Å². The average molecular weight is 588 g/mol. The number of pyridine rings is 2. The summed E-state index contributed by atoms with van der Waals surface area (Å²) in [5.74, 6) is 3.09. The highest BCUT2D eigenvalue weighted by Crippen LogP contribution is 2.47. The molecule has 1 amide bonds. The number of anilines is 2. The molecule has 2 fully saturated rings. The minimum Gasteiger partial charge on any atom is -0.444 e. The quantitative estimate of drug-likeness (QED) is 0.238. The van der Waals surface area contributed by atoms with Gasteiger partial charge in [0.2, 0.25) is 0 Å². The molecule has 10 heteroatoms. The van der Waals surface area contributed by atoms with E-state index in [1.54, 1.807) is 39.1 Å². The number of rotatable bonds is 1. The Kier molecular flexibility index (Phi) is 6.31. The molecule has 2 saturated heterocycles. The van der Waals surface area contributed by atoms with Crippen molar-refractivity contribution in [2.45, 2.75) is 83.9 Å². The molecule has 4 unspecified atom stereocenters. The Bertz CT molecular complexity index is 1790. The molecule has 42 heavy (non-hydrogen) atoms. The number of carbonyl (C=O) groups excluding carboxylic acids is 1. The summed E-state index contributed by atoms with van der Waals surface area (Å²) in [6, 6.07) is 3.68. The number of amides is 1. The van der Waals surface area contributed by atoms with Crippen LogP contribution < -0.4 is 15.5 Å². The van der Waals surface area contributed by atoms with E-state index in [1.165, 1.54) is 0 Å². The smallest absolute Gasteiger partial charge is 0.412 e. The molecule has 2 N–H and O–H groups in total. The third-order valence-corrected chi connectivity index (χ3v) is 9.78. The molecule has 0 saturated carbocycles. The van der Waals surface area contributed by atoms with Gasteiger partial charge >= 0.3 is 6.09 Å². The molecule has 6 bridgehead atoms. The summed E-state index contributed by atoms with van der Waals surface area (Å²) in [6.07, 6.45) is 3.69. The molecule has 4 atom stereocenters. The average Bonchev–Trinajstić information content (AvgIpc) is 3.52. The molecule has 2 aromatic heterocycles. The summed E-state index contributed by atoms with van der Waals surface area (Å²) >= 11 is 0. The number of carbonyl (C=O) groups is 1. The molecule has 0 spiro atoms. The summed E-state index contributed by atoms with van der Waals surface area (Å²) in [6.45, 7) is 9.12. The number of fused-ring (bicyclic) bond motifs is 4. The van der Waals surface area contributed by atoms with Crippen molar-refractivity contribution >= 4 is 42.5 Å². The monoisotopic (exact) mass is 587 g/mol. The van der Waals surface area contributed by atoms with Gasteiger partial charge in [-0.15, -0.1) is 0 Å². The van der Waals surface area contributed by atoms with E-state index in [9.17, 15) is 4.79 Å². The van der Waals surface area contributed by atoms with Crippen molar-refractivity contribution < 1.29 is 18.3 Å². The standard InChI is InChI=1S/C32H32F2N5O2P/c1-15-16(2)36-29-21-14-35-28(27(34)25(15)21)20-13-18(37-31(40)41-32(3,4)5)12-17-6-7-22(33)19(26(17)20)10-11-42-30-23-8-9-24(38-23)39(29)30/h12-14,23-24,30,38,42H,6-9H2,1-5H3,(H,37,40). The lowest BCUT2D eigenvalue weighted by atomic mass is 9.84. The van der Waals surface area contributed by atoms with Crippen LogP contribution in [0.15, 0.2) is 24.2 Å². The zero-order chi connectivity index (χ0) is 29.5. The van der Waals surface area contributed by atoms with Gasteiger partial charge in [0.25, 0.3) is 0 Å². The molecule has 0 radical (unpaired) electrons. The first-order valence-electron chi connectivity index (χ1n) is 14.3. The van der Waals surface area contributed by atoms with E-state index in [1.807, 2.05) is 13.8 Å². The van der Waals surface area contributed by atoms with E-state index in [0.717, 1.165) is 29.7 Å². The largest absolute Gasteiger partial charge is 0.444 e. The number of hydrogen-bond donors (Lipinski definition) is 2. The Balaban J connectivity index is 1.50. The van der Waals surface area contributed by atoms with Gasteiger partial charge in [0.15, 0.2) is 5.82 Å². The van der Waals surface area contributed by atoms with Crippen LogP contribution in [0.2, 0.25) is 0 Å². The summed E-state index contributed by atoms with van der Waals surface area (Å²) in [5.41, 5.74) is 6.56. The number of allylic oxidation sites excluding steroid dienone is 2. The van der Waals surface area contributed by atoms with Crippen LogP contribution in [0, 0.1) is 31.2 Å². The first-order chi connectivity index (χ1) is 20.0. The van der Waals surface area contributed by atoms with Crippen molar-refractivity contribution in [2.24, 2.45) is 0 Å². The second-order valence-corrected chi connectivity index (χ2v) is 13.6. The highest BCUT2D eigenvalue weighted by atomic mass is 31.1. The van der Waals surface area contributed by atoms with Gasteiger partial charge in [0.1, 0.15) is 22.9 Å². The summed E-state index contributed by atoms with van der Waals surface area (Å²) in [5, 5.41) is 7.57. The zero-order valence-corrected chi connectivity index (χ0v) is 25.2. The van der Waals surface area contributed by atoms with Crippen LogP contribution in [0.5, 0.6) is 0 Å². The maximum absolute atomic E-state index is 16.9. The van der Waals surface area contributed by atoms with Gasteiger partial charge in [-0.05, 0) is 85.7 Å². The van der Waals surface area contributed by atoms with Crippen LogP contribution >= 0.6 is 8.58 Å². The lowest BCUT2D eigenvalue weighted by Crippen LogP contribution is -2.40. The maximum Gasteiger partial charge on any atom is 0.412 e. The van der Waals surface area contributed by atoms with Crippen molar-refractivity contribution in [3.8, 4) is 22.8 Å². The van der Waals surface area contributed by atoms with Gasteiger partial charge in [-0.2, -0.15) is 0 Å². The number of ether oxygens (including phenoxy) is 1. The SMILES string of the molecule is Cc1nc2c3cnc(c(F)c3c1C)-c1cc(NC(=O)OC(C)(C)C)cc3c1C(=C(F)CC3)C#CPC1C3CCC(N3)N21. The minimum absolute atomic E-state index is 0.0455. The van der Waals surface area contributed by atoms with Gasteiger partial charge in [0, 0.05) is 51.9 Å². The second-order valence-electron chi connectivity index (χ2n) is 12.4. The van der Waals surface area contributed by atoms with Crippen LogP contribution in [0.1, 0.15) is 62.4 Å². The summed E-state index contributed by atoms with van der Waals surface area (Å²) < 4.78 is 38.0. The van der Waals surface area contributed by atoms with Crippen LogP contribution in [0.3, 0.4) is 0 Å². The third kappa shape index (κ3) is 4.35. The molecule has 6 heterocycles. The number of aromatic nitrogens is 2. The Morgan fingerprint density at radius 3 is 2.81 bits per heavy atom. The summed E-state index contributed by atoms with van der Waals surface area (Å²) in [7, 11) is 0.198. The number of nitrogens with zero attached hydrogens (tertiary/aromatic N) is 3. The van der Waals surface area contributed by atoms with Crippen molar-refractivity contribution in [3.63, 3.8) is 0 Å². The van der Waals surface area contributed by atoms with Gasteiger partial charge in [-0.1, -0.05) is 11.6 Å². The molecular formula is C32H32F2N5O2P. The summed E-state index contributed by atoms with van der Waals surface area (Å²) in [4.78, 5) is 24.6. The van der Waals surface area contributed by atoms with E-state index in [2.05, 4.69) is 32.1 Å². The zero-order valence-electron chi connectivity index (χ0n) is 24.2. The van der Waals surface area contributed by atoms with E-state index >= 15 is 8.78 Å². The second kappa shape index (κ2) is 9.72. The number of piperidine rings is 1. The van der Waals surface area contributed by atoms with Crippen molar-refractivity contribution in [1.82, 2.24) is 15.3 Å². The molecule has 3 aromatic rings. The Labute approximate surface area is 245 Å². The van der Waals surface area contributed by atoms with Gasteiger partial charge < -0.3 is 9.64 Å². The topological polar surface area (TPSA) is 79.4 Å². The Hall–Kier alpha value is -3.60. The molecule has 216 valence electrons. The first-order valence-corrected chi connectivity index (χ1v) is 15.4. The van der Waals surface area contributed by atoms with Crippen LogP contribution in [0.25, 0.3) is 27.6 Å². The highest BCUT2D eigenvalue weighted by molar-refractivity contribution is 7.45. The van der Waals surface area contributed by atoms with Gasteiger partial charge in [0.05, 0.1) is 17.5 Å². The molecule has 7 nitrogen and oxygen atoms in total. The third-order valence-electron chi connectivity index (χ3n) is 8.53. The van der Waals surface area contributed by atoms with Crippen molar-refractivity contribution in [3.05, 3.63) is 52.4 Å². The highest BCUT2D eigenvalue weighted by Gasteiger charge is 2.46. The maximum atomic E-state index is 16.9. The van der Waals surface area contributed by atoms with E-state index < -0.39 is 17.5 Å². The Morgan fingerprint density at radius 1 is 1.21 bits per heavy atom. The molecule has 1 aromatic carbocycles. The van der Waals surface area contributed by atoms with Crippen LogP contribution in [0.4, 0.5) is 25.1 Å². The van der Waals surface area contributed by atoms with E-state index in [-0.39, 0.29) is 50.1 Å². The number of nitrogens with one attached hydrogen (secondary N) is 2. The van der Waals surface area contributed by atoms with Crippen LogP contribution in [-0.4, -0.2) is 39.7 Å². The van der Waals surface area contributed by atoms with Gasteiger partial charge in [-0.25, -0.2) is 18.6 Å². The number of hydrogen-bond acceptors (Lipinski definition) is 6. The molecular weight excluding hydrogens is 555 g/mol. The number of benzene rings is 1. The van der Waals surface area contributed by atoms with Crippen molar-refractivity contribution in [2.75, 3.05) is 10.2 Å². The number of halogens is 2. The predicted molar refractivity (Wildman–Crippen MR) is 163 cm³/mol. The van der Waals surface area contributed by atoms with E-state index in [4.69, 9.17) is 9.72 Å². The van der Waals surface area contributed by atoms with Crippen molar-refractivity contribution in [1.29, 1.82) is 0 Å². The molecule has 4 aliphatic heterocycles. The normalized spacial score (nSPS) is 22.8. The first kappa shape index (κ1) is 27.2. The molecule has 8 rings (SSSR count). The number of aryl methyl sites for hydroxylation is 3. The fourth-order valence-corrected chi connectivity index (χ4v) is 7.88. The fraction of sp³-hybridized carbons (Fsp3) is 0.406. The molecule has 5 aliphatic rings. The van der Waals surface area contributed by atoms with Gasteiger partial charge in [-0.3, -0.25) is 15.6 Å². The van der Waals surface area contributed by atoms with Crippen LogP contribution in [-0.2, 0) is 11.2 Å². The lowest BCUT2D eigenvalue weighted by molar-refractivity contribution is 0.0636. The Morgan fingerprint density at radius 2 is 2.02 bits per heavy atom. The fourth-order valence-electron chi connectivity index (χ4n) is 6.63. The lowest BCUT2D eigenvalue weighted by Gasteiger charge is -2.34.